The lowest BCUT2D eigenvalue weighted by atomic mass is 9.85. The quantitative estimate of drug-likeness (QED) is 0.547. The Morgan fingerprint density at radius 2 is 1.71 bits per heavy atom. The Morgan fingerprint density at radius 3 is 2.32 bits per heavy atom. The van der Waals surface area contributed by atoms with Gasteiger partial charge in [0.05, 0.1) is 17.4 Å². The van der Waals surface area contributed by atoms with Crippen molar-refractivity contribution in [3.8, 4) is 0 Å². The van der Waals surface area contributed by atoms with Crippen LogP contribution in [0.1, 0.15) is 44.2 Å². The van der Waals surface area contributed by atoms with Crippen LogP contribution in [0, 0.1) is 5.41 Å². The zero-order chi connectivity index (χ0) is 24.9. The molecule has 1 aliphatic heterocycles. The van der Waals surface area contributed by atoms with Crippen molar-refractivity contribution in [1.29, 1.82) is 0 Å². The lowest BCUT2D eigenvalue weighted by Crippen LogP contribution is -2.48. The SMILES string of the molecule is COC(=O)C(C)(C)Cc1ccc(CN(C2CCCCNC2=O)S(=O)(=O)c2ccc(Cl)cc2)cc1. The number of benzene rings is 2. The monoisotopic (exact) mass is 506 g/mol. The molecule has 184 valence electrons. The van der Waals surface area contributed by atoms with Crippen molar-refractivity contribution in [2.24, 2.45) is 5.41 Å². The number of halogens is 1. The summed E-state index contributed by atoms with van der Waals surface area (Å²) in [5.41, 5.74) is 0.992. The minimum atomic E-state index is -3.97. The van der Waals surface area contributed by atoms with E-state index in [-0.39, 0.29) is 23.3 Å². The van der Waals surface area contributed by atoms with E-state index in [9.17, 15) is 18.0 Å². The van der Waals surface area contributed by atoms with Crippen molar-refractivity contribution < 1.29 is 22.7 Å². The van der Waals surface area contributed by atoms with Gasteiger partial charge in [-0.25, -0.2) is 8.42 Å². The van der Waals surface area contributed by atoms with Gasteiger partial charge in [0.1, 0.15) is 6.04 Å². The summed E-state index contributed by atoms with van der Waals surface area (Å²) in [5, 5.41) is 3.27. The molecule has 0 bridgehead atoms. The summed E-state index contributed by atoms with van der Waals surface area (Å²) in [4.78, 5) is 24.9. The molecule has 1 aliphatic rings. The first kappa shape index (κ1) is 26.2. The highest BCUT2D eigenvalue weighted by atomic mass is 35.5. The number of carbonyl (C=O) groups excluding carboxylic acids is 2. The van der Waals surface area contributed by atoms with Crippen molar-refractivity contribution in [2.45, 2.75) is 57.0 Å². The molecule has 0 spiro atoms. The van der Waals surface area contributed by atoms with Crippen LogP contribution < -0.4 is 5.32 Å². The molecular weight excluding hydrogens is 476 g/mol. The third-order valence-corrected chi connectivity index (χ3v) is 8.14. The molecule has 1 amide bonds. The third-order valence-electron chi connectivity index (χ3n) is 6.02. The van der Waals surface area contributed by atoms with Gasteiger partial charge in [0.15, 0.2) is 0 Å². The van der Waals surface area contributed by atoms with Crippen LogP contribution in [0.3, 0.4) is 0 Å². The number of amides is 1. The first-order valence-corrected chi connectivity index (χ1v) is 13.1. The molecule has 3 rings (SSSR count). The molecule has 0 aliphatic carbocycles. The number of hydrogen-bond acceptors (Lipinski definition) is 5. The molecule has 9 heteroatoms. The van der Waals surface area contributed by atoms with Crippen LogP contribution >= 0.6 is 11.6 Å². The van der Waals surface area contributed by atoms with Crippen LogP contribution in [-0.2, 0) is 37.3 Å². The fraction of sp³-hybridized carbons (Fsp3) is 0.440. The molecule has 0 aromatic heterocycles. The Kier molecular flexibility index (Phi) is 8.38. The van der Waals surface area contributed by atoms with Crippen LogP contribution in [0.25, 0.3) is 0 Å². The topological polar surface area (TPSA) is 92.8 Å². The predicted molar refractivity (Wildman–Crippen MR) is 131 cm³/mol. The molecule has 1 saturated heterocycles. The summed E-state index contributed by atoms with van der Waals surface area (Å²) >= 11 is 5.95. The molecule has 2 aromatic carbocycles. The number of sulfonamides is 1. The van der Waals surface area contributed by atoms with Gasteiger partial charge < -0.3 is 10.1 Å². The van der Waals surface area contributed by atoms with E-state index in [4.69, 9.17) is 16.3 Å². The summed E-state index contributed by atoms with van der Waals surface area (Å²) < 4.78 is 33.4. The highest BCUT2D eigenvalue weighted by Gasteiger charge is 2.36. The number of methoxy groups -OCH3 is 1. The molecule has 0 saturated carbocycles. The van der Waals surface area contributed by atoms with Crippen LogP contribution in [0.5, 0.6) is 0 Å². The van der Waals surface area contributed by atoms with E-state index in [1.165, 1.54) is 35.7 Å². The molecule has 1 heterocycles. The normalized spacial score (nSPS) is 17.2. The minimum absolute atomic E-state index is 0.0454. The maximum atomic E-state index is 13.6. The smallest absolute Gasteiger partial charge is 0.311 e. The van der Waals surface area contributed by atoms with Crippen LogP contribution in [-0.4, -0.2) is 44.3 Å². The summed E-state index contributed by atoms with van der Waals surface area (Å²) in [6, 6.07) is 12.6. The minimum Gasteiger partial charge on any atom is -0.469 e. The molecule has 7 nitrogen and oxygen atoms in total. The van der Waals surface area contributed by atoms with E-state index in [1.54, 1.807) is 0 Å². The van der Waals surface area contributed by atoms with Crippen LogP contribution in [0.4, 0.5) is 0 Å². The molecule has 1 fully saturated rings. The number of carbonyl (C=O) groups is 2. The Hall–Kier alpha value is -2.42. The maximum absolute atomic E-state index is 13.6. The Balaban J connectivity index is 1.90. The molecule has 0 radical (unpaired) electrons. The number of hydrogen-bond donors (Lipinski definition) is 1. The fourth-order valence-corrected chi connectivity index (χ4v) is 5.84. The van der Waals surface area contributed by atoms with Gasteiger partial charge in [0.2, 0.25) is 15.9 Å². The number of nitrogens with zero attached hydrogens (tertiary/aromatic N) is 1. The fourth-order valence-electron chi connectivity index (χ4n) is 4.10. The van der Waals surface area contributed by atoms with Crippen molar-refractivity contribution in [3.63, 3.8) is 0 Å². The molecular formula is C25H31ClN2O5S. The second-order valence-corrected chi connectivity index (χ2v) is 11.5. The summed E-state index contributed by atoms with van der Waals surface area (Å²) in [6.07, 6.45) is 2.49. The second kappa shape index (κ2) is 10.9. The number of esters is 1. The summed E-state index contributed by atoms with van der Waals surface area (Å²) in [7, 11) is -2.60. The van der Waals surface area contributed by atoms with E-state index in [0.29, 0.717) is 24.4 Å². The Bertz CT molecular complexity index is 1110. The predicted octanol–water partition coefficient (Wildman–Crippen LogP) is 3.94. The van der Waals surface area contributed by atoms with Crippen LogP contribution in [0.2, 0.25) is 5.02 Å². The zero-order valence-electron chi connectivity index (χ0n) is 19.7. The van der Waals surface area contributed by atoms with Gasteiger partial charge in [0.25, 0.3) is 0 Å². The van der Waals surface area contributed by atoms with E-state index < -0.39 is 21.5 Å². The lowest BCUT2D eigenvalue weighted by Gasteiger charge is -2.29. The van der Waals surface area contributed by atoms with Gasteiger partial charge in [-0.05, 0) is 74.9 Å². The highest BCUT2D eigenvalue weighted by molar-refractivity contribution is 7.89. The average Bonchev–Trinajstić information content (AvgIpc) is 3.02. The summed E-state index contributed by atoms with van der Waals surface area (Å²) in [5.74, 6) is -0.581. The average molecular weight is 507 g/mol. The van der Waals surface area contributed by atoms with Crippen molar-refractivity contribution in [2.75, 3.05) is 13.7 Å². The largest absolute Gasteiger partial charge is 0.469 e. The van der Waals surface area contributed by atoms with E-state index >= 15 is 0 Å². The molecule has 2 aromatic rings. The van der Waals surface area contributed by atoms with Gasteiger partial charge >= 0.3 is 5.97 Å². The van der Waals surface area contributed by atoms with Gasteiger partial charge in [-0.3, -0.25) is 9.59 Å². The zero-order valence-corrected chi connectivity index (χ0v) is 21.3. The standard InChI is InChI=1S/C25H31ClN2O5S/c1-25(2,24(30)33-3)16-18-7-9-19(10-8-18)17-28(22-6-4-5-15-27-23(22)29)34(31,32)21-13-11-20(26)12-14-21/h7-14,22H,4-6,15-17H2,1-3H3,(H,27,29). The van der Waals surface area contributed by atoms with E-state index in [1.807, 2.05) is 38.1 Å². The molecule has 1 atom stereocenters. The molecule has 1 N–H and O–H groups in total. The van der Waals surface area contributed by atoms with Crippen molar-refractivity contribution in [3.05, 3.63) is 64.7 Å². The van der Waals surface area contributed by atoms with Crippen molar-refractivity contribution >= 4 is 33.5 Å². The first-order valence-electron chi connectivity index (χ1n) is 11.3. The lowest BCUT2D eigenvalue weighted by molar-refractivity contribution is -0.150. The first-order chi connectivity index (χ1) is 16.0. The Morgan fingerprint density at radius 1 is 1.09 bits per heavy atom. The van der Waals surface area contributed by atoms with Gasteiger partial charge in [-0.2, -0.15) is 4.31 Å². The molecule has 1 unspecified atom stereocenters. The summed E-state index contributed by atoms with van der Waals surface area (Å²) in [6.45, 7) is 4.22. The van der Waals surface area contributed by atoms with E-state index in [0.717, 1.165) is 24.0 Å². The van der Waals surface area contributed by atoms with Crippen LogP contribution in [0.15, 0.2) is 53.4 Å². The van der Waals surface area contributed by atoms with Gasteiger partial charge in [0, 0.05) is 18.1 Å². The van der Waals surface area contributed by atoms with Gasteiger partial charge in [-0.1, -0.05) is 35.9 Å². The number of rotatable bonds is 8. The second-order valence-electron chi connectivity index (χ2n) is 9.18. The molecule has 34 heavy (non-hydrogen) atoms. The van der Waals surface area contributed by atoms with Crippen molar-refractivity contribution in [1.82, 2.24) is 9.62 Å². The third kappa shape index (κ3) is 6.17. The number of nitrogens with one attached hydrogen (secondary N) is 1. The van der Waals surface area contributed by atoms with Gasteiger partial charge in [-0.15, -0.1) is 0 Å². The highest BCUT2D eigenvalue weighted by Crippen LogP contribution is 2.27. The maximum Gasteiger partial charge on any atom is 0.311 e. The Labute approximate surface area is 206 Å². The van der Waals surface area contributed by atoms with E-state index in [2.05, 4.69) is 5.32 Å². The number of ether oxygens (including phenoxy) is 1.